The SMILES string of the molecule is O=Cc1cc(-c2cn(-c3ccc(N4CCCC4)cc3)cn2)ccc1O. The van der Waals surface area contributed by atoms with Gasteiger partial charge >= 0.3 is 0 Å². The van der Waals surface area contributed by atoms with Crippen LogP contribution in [0.1, 0.15) is 23.2 Å². The summed E-state index contributed by atoms with van der Waals surface area (Å²) in [5.74, 6) is -0.0179. The van der Waals surface area contributed by atoms with E-state index in [-0.39, 0.29) is 11.3 Å². The molecular formula is C20H19N3O2. The molecule has 0 atom stereocenters. The number of aromatic nitrogens is 2. The van der Waals surface area contributed by atoms with Crippen molar-refractivity contribution in [3.63, 3.8) is 0 Å². The van der Waals surface area contributed by atoms with E-state index in [2.05, 4.69) is 34.1 Å². The summed E-state index contributed by atoms with van der Waals surface area (Å²) in [5, 5.41) is 9.62. The van der Waals surface area contributed by atoms with Crippen molar-refractivity contribution in [1.82, 2.24) is 9.55 Å². The van der Waals surface area contributed by atoms with Crippen molar-refractivity contribution in [3.05, 3.63) is 60.6 Å². The molecule has 5 nitrogen and oxygen atoms in total. The lowest BCUT2D eigenvalue weighted by atomic mass is 10.1. The maximum Gasteiger partial charge on any atom is 0.153 e. The van der Waals surface area contributed by atoms with E-state index in [0.29, 0.717) is 6.29 Å². The second-order valence-corrected chi connectivity index (χ2v) is 6.27. The first kappa shape index (κ1) is 15.4. The largest absolute Gasteiger partial charge is 0.507 e. The highest BCUT2D eigenvalue weighted by Gasteiger charge is 2.12. The van der Waals surface area contributed by atoms with Crippen LogP contribution < -0.4 is 4.90 Å². The van der Waals surface area contributed by atoms with Crippen LogP contribution in [0.25, 0.3) is 16.9 Å². The smallest absolute Gasteiger partial charge is 0.153 e. The van der Waals surface area contributed by atoms with Crippen LogP contribution in [0.5, 0.6) is 5.75 Å². The number of imidazole rings is 1. The average molecular weight is 333 g/mol. The second kappa shape index (κ2) is 6.43. The highest BCUT2D eigenvalue weighted by atomic mass is 16.3. The summed E-state index contributed by atoms with van der Waals surface area (Å²) in [5.41, 5.74) is 4.12. The normalized spacial score (nSPS) is 14.0. The number of phenolic OH excluding ortho intramolecular Hbond substituents is 1. The fraction of sp³-hybridized carbons (Fsp3) is 0.200. The first-order chi connectivity index (χ1) is 12.2. The third-order valence-corrected chi connectivity index (χ3v) is 4.65. The van der Waals surface area contributed by atoms with Gasteiger partial charge in [-0.05, 0) is 55.3 Å². The molecule has 3 aromatic rings. The summed E-state index contributed by atoms with van der Waals surface area (Å²) in [4.78, 5) is 17.8. The third-order valence-electron chi connectivity index (χ3n) is 4.65. The number of benzene rings is 2. The predicted octanol–water partition coefficient (Wildman–Crippen LogP) is 3.66. The number of carbonyl (C=O) groups excluding carboxylic acids is 1. The second-order valence-electron chi connectivity index (χ2n) is 6.27. The van der Waals surface area contributed by atoms with Crippen LogP contribution in [0.4, 0.5) is 5.69 Å². The topological polar surface area (TPSA) is 58.4 Å². The standard InChI is InChI=1S/C20H19N3O2/c24-13-16-11-15(3-8-20(16)25)19-12-23(14-21-19)18-6-4-17(5-7-18)22-9-1-2-10-22/h3-8,11-14,25H,1-2,9-10H2. The molecule has 0 radical (unpaired) electrons. The first-order valence-electron chi connectivity index (χ1n) is 8.42. The van der Waals surface area contributed by atoms with E-state index < -0.39 is 0 Å². The molecule has 2 heterocycles. The van der Waals surface area contributed by atoms with Crippen molar-refractivity contribution in [3.8, 4) is 22.7 Å². The van der Waals surface area contributed by atoms with Crippen LogP contribution in [0.3, 0.4) is 0 Å². The minimum Gasteiger partial charge on any atom is -0.507 e. The van der Waals surface area contributed by atoms with E-state index in [1.807, 2.05) is 10.8 Å². The number of aromatic hydroxyl groups is 1. The molecule has 2 aromatic carbocycles. The fourth-order valence-electron chi connectivity index (χ4n) is 3.23. The molecule has 0 unspecified atom stereocenters. The van der Waals surface area contributed by atoms with Gasteiger partial charge in [0, 0.05) is 36.2 Å². The lowest BCUT2D eigenvalue weighted by Gasteiger charge is -2.17. The van der Waals surface area contributed by atoms with Gasteiger partial charge in [-0.3, -0.25) is 4.79 Å². The Hall–Kier alpha value is -3.08. The Morgan fingerprint density at radius 2 is 1.72 bits per heavy atom. The molecule has 0 bridgehead atoms. The molecule has 1 saturated heterocycles. The zero-order chi connectivity index (χ0) is 17.2. The Morgan fingerprint density at radius 1 is 1.00 bits per heavy atom. The maximum atomic E-state index is 11.0. The molecular weight excluding hydrogens is 314 g/mol. The highest BCUT2D eigenvalue weighted by Crippen LogP contribution is 2.26. The zero-order valence-electron chi connectivity index (χ0n) is 13.8. The summed E-state index contributed by atoms with van der Waals surface area (Å²) in [6.07, 6.45) is 6.86. The molecule has 0 saturated carbocycles. The first-order valence-corrected chi connectivity index (χ1v) is 8.42. The fourth-order valence-corrected chi connectivity index (χ4v) is 3.23. The van der Waals surface area contributed by atoms with Crippen LogP contribution >= 0.6 is 0 Å². The molecule has 4 rings (SSSR count). The van der Waals surface area contributed by atoms with Crippen molar-refractivity contribution in [2.24, 2.45) is 0 Å². The number of hydrogen-bond donors (Lipinski definition) is 1. The van der Waals surface area contributed by atoms with Crippen LogP contribution in [0.2, 0.25) is 0 Å². The highest BCUT2D eigenvalue weighted by molar-refractivity contribution is 5.82. The van der Waals surface area contributed by atoms with Gasteiger partial charge in [0.05, 0.1) is 17.6 Å². The number of anilines is 1. The van der Waals surface area contributed by atoms with Gasteiger partial charge in [-0.25, -0.2) is 4.98 Å². The summed E-state index contributed by atoms with van der Waals surface area (Å²) >= 11 is 0. The van der Waals surface area contributed by atoms with Crippen molar-refractivity contribution in [2.45, 2.75) is 12.8 Å². The summed E-state index contributed by atoms with van der Waals surface area (Å²) in [6, 6.07) is 13.4. The van der Waals surface area contributed by atoms with E-state index in [1.165, 1.54) is 24.6 Å². The summed E-state index contributed by atoms with van der Waals surface area (Å²) in [7, 11) is 0. The summed E-state index contributed by atoms with van der Waals surface area (Å²) in [6.45, 7) is 2.27. The molecule has 25 heavy (non-hydrogen) atoms. The number of nitrogens with zero attached hydrogens (tertiary/aromatic N) is 3. The molecule has 0 amide bonds. The van der Waals surface area contributed by atoms with Crippen molar-refractivity contribution >= 4 is 12.0 Å². The van der Waals surface area contributed by atoms with Crippen molar-refractivity contribution in [1.29, 1.82) is 0 Å². The van der Waals surface area contributed by atoms with Gasteiger partial charge in [0.15, 0.2) is 6.29 Å². The molecule has 0 spiro atoms. The minimum atomic E-state index is -0.0179. The molecule has 1 fully saturated rings. The number of rotatable bonds is 4. The van der Waals surface area contributed by atoms with Crippen LogP contribution in [-0.4, -0.2) is 34.0 Å². The Bertz CT molecular complexity index is 894. The van der Waals surface area contributed by atoms with E-state index in [0.717, 1.165) is 30.0 Å². The van der Waals surface area contributed by atoms with Crippen LogP contribution in [0, 0.1) is 0 Å². The van der Waals surface area contributed by atoms with Crippen LogP contribution in [0.15, 0.2) is 55.0 Å². The van der Waals surface area contributed by atoms with Gasteiger partial charge in [0.25, 0.3) is 0 Å². The number of phenols is 1. The Balaban J connectivity index is 1.59. The molecule has 126 valence electrons. The van der Waals surface area contributed by atoms with E-state index >= 15 is 0 Å². The van der Waals surface area contributed by atoms with Crippen LogP contribution in [-0.2, 0) is 0 Å². The Kier molecular flexibility index (Phi) is 3.98. The molecule has 1 aromatic heterocycles. The van der Waals surface area contributed by atoms with Gasteiger partial charge in [-0.1, -0.05) is 0 Å². The monoisotopic (exact) mass is 333 g/mol. The van der Waals surface area contributed by atoms with E-state index in [4.69, 9.17) is 0 Å². The number of carbonyl (C=O) groups is 1. The molecule has 1 aliphatic rings. The zero-order valence-corrected chi connectivity index (χ0v) is 13.8. The van der Waals surface area contributed by atoms with Gasteiger partial charge < -0.3 is 14.6 Å². The van der Waals surface area contributed by atoms with E-state index in [1.54, 1.807) is 18.5 Å². The molecule has 1 aliphatic heterocycles. The minimum absolute atomic E-state index is 0.0179. The number of hydrogen-bond acceptors (Lipinski definition) is 4. The lowest BCUT2D eigenvalue weighted by Crippen LogP contribution is -2.17. The van der Waals surface area contributed by atoms with Gasteiger partial charge in [0.1, 0.15) is 5.75 Å². The maximum absolute atomic E-state index is 11.0. The molecule has 0 aliphatic carbocycles. The lowest BCUT2D eigenvalue weighted by molar-refractivity contribution is 0.112. The number of aldehydes is 1. The quantitative estimate of drug-likeness (QED) is 0.740. The summed E-state index contributed by atoms with van der Waals surface area (Å²) < 4.78 is 1.95. The van der Waals surface area contributed by atoms with Gasteiger partial charge in [-0.2, -0.15) is 0 Å². The third kappa shape index (κ3) is 3.01. The molecule has 5 heteroatoms. The average Bonchev–Trinajstić information content (AvgIpc) is 3.34. The van der Waals surface area contributed by atoms with E-state index in [9.17, 15) is 9.90 Å². The van der Waals surface area contributed by atoms with Crippen molar-refractivity contribution in [2.75, 3.05) is 18.0 Å². The Labute approximate surface area is 146 Å². The van der Waals surface area contributed by atoms with Crippen molar-refractivity contribution < 1.29 is 9.90 Å². The van der Waals surface area contributed by atoms with Gasteiger partial charge in [-0.15, -0.1) is 0 Å². The Morgan fingerprint density at radius 3 is 2.44 bits per heavy atom. The molecule has 1 N–H and O–H groups in total. The predicted molar refractivity (Wildman–Crippen MR) is 97.5 cm³/mol. The van der Waals surface area contributed by atoms with Gasteiger partial charge in [0.2, 0.25) is 0 Å².